The maximum absolute atomic E-state index is 13.6. The summed E-state index contributed by atoms with van der Waals surface area (Å²) in [5.41, 5.74) is 6.87. The van der Waals surface area contributed by atoms with Gasteiger partial charge in [-0.2, -0.15) is 0 Å². The first kappa shape index (κ1) is 14.9. The third-order valence-electron chi connectivity index (χ3n) is 3.26. The zero-order valence-electron chi connectivity index (χ0n) is 11.6. The number of imidazole rings is 1. The minimum atomic E-state index is -0.561. The van der Waals surface area contributed by atoms with E-state index in [1.807, 2.05) is 0 Å². The summed E-state index contributed by atoms with van der Waals surface area (Å²) in [5, 5.41) is 2.63. The lowest BCUT2D eigenvalue weighted by molar-refractivity contribution is 0.0998. The topological polar surface area (TPSA) is 104 Å². The lowest BCUT2D eigenvalue weighted by Crippen LogP contribution is -2.14. The van der Waals surface area contributed by atoms with Crippen LogP contribution in [0.15, 0.2) is 36.4 Å². The molecule has 1 aromatic heterocycles. The molecule has 2 amide bonds. The second-order valence-corrected chi connectivity index (χ2v) is 5.26. The summed E-state index contributed by atoms with van der Waals surface area (Å²) < 4.78 is 13.9. The number of amides is 2. The van der Waals surface area contributed by atoms with Crippen LogP contribution in [0.25, 0.3) is 11.0 Å². The van der Waals surface area contributed by atoms with E-state index in [-0.39, 0.29) is 5.56 Å². The van der Waals surface area contributed by atoms with E-state index in [4.69, 9.17) is 18.0 Å². The molecule has 0 saturated carbocycles. The third kappa shape index (κ3) is 2.97. The Morgan fingerprint density at radius 1 is 1.13 bits per heavy atom. The van der Waals surface area contributed by atoms with Crippen molar-refractivity contribution in [2.75, 3.05) is 5.32 Å². The van der Waals surface area contributed by atoms with Crippen LogP contribution in [0.2, 0.25) is 0 Å². The summed E-state index contributed by atoms with van der Waals surface area (Å²) in [6.07, 6.45) is 0. The highest BCUT2D eigenvalue weighted by molar-refractivity contribution is 7.71. The molecule has 0 radical (unpaired) electrons. The number of aromatic amines is 2. The molecule has 116 valence electrons. The Hall–Kier alpha value is -3.00. The Bertz CT molecular complexity index is 975. The summed E-state index contributed by atoms with van der Waals surface area (Å²) in [4.78, 5) is 29.0. The Labute approximate surface area is 134 Å². The molecule has 3 aromatic rings. The van der Waals surface area contributed by atoms with Crippen LogP contribution in [0, 0.1) is 10.6 Å². The average molecular weight is 330 g/mol. The van der Waals surface area contributed by atoms with Crippen LogP contribution in [-0.4, -0.2) is 21.8 Å². The molecule has 0 unspecified atom stereocenters. The van der Waals surface area contributed by atoms with E-state index in [1.165, 1.54) is 30.3 Å². The maximum atomic E-state index is 13.6. The lowest BCUT2D eigenvalue weighted by atomic mass is 10.1. The van der Waals surface area contributed by atoms with E-state index < -0.39 is 17.6 Å². The second kappa shape index (κ2) is 5.65. The van der Waals surface area contributed by atoms with E-state index >= 15 is 0 Å². The fourth-order valence-corrected chi connectivity index (χ4v) is 2.41. The molecule has 0 aliphatic rings. The van der Waals surface area contributed by atoms with Crippen molar-refractivity contribution in [3.05, 3.63) is 58.1 Å². The van der Waals surface area contributed by atoms with Crippen LogP contribution < -0.4 is 11.1 Å². The van der Waals surface area contributed by atoms with Crippen molar-refractivity contribution in [2.45, 2.75) is 0 Å². The minimum absolute atomic E-state index is 0.117. The summed E-state index contributed by atoms with van der Waals surface area (Å²) in [7, 11) is 0. The summed E-state index contributed by atoms with van der Waals surface area (Å²) in [6.45, 7) is 0. The van der Waals surface area contributed by atoms with E-state index in [1.54, 1.807) is 0 Å². The molecule has 23 heavy (non-hydrogen) atoms. The van der Waals surface area contributed by atoms with E-state index in [0.29, 0.717) is 27.1 Å². The van der Waals surface area contributed by atoms with E-state index in [0.717, 1.165) is 6.07 Å². The highest BCUT2D eigenvalue weighted by atomic mass is 32.1. The molecule has 0 atom stereocenters. The third-order valence-corrected chi connectivity index (χ3v) is 3.47. The van der Waals surface area contributed by atoms with Gasteiger partial charge >= 0.3 is 0 Å². The molecule has 3 rings (SSSR count). The van der Waals surface area contributed by atoms with Crippen LogP contribution in [0.4, 0.5) is 10.1 Å². The first-order valence-corrected chi connectivity index (χ1v) is 6.97. The summed E-state index contributed by atoms with van der Waals surface area (Å²) in [6, 6.07) is 8.42. The molecule has 8 heteroatoms. The van der Waals surface area contributed by atoms with Crippen molar-refractivity contribution >= 4 is 40.8 Å². The predicted octanol–water partition coefficient (Wildman–Crippen LogP) is 2.72. The van der Waals surface area contributed by atoms with Crippen molar-refractivity contribution in [3.8, 4) is 0 Å². The van der Waals surface area contributed by atoms with Gasteiger partial charge in [-0.3, -0.25) is 9.59 Å². The number of nitrogens with two attached hydrogens (primary N) is 1. The van der Waals surface area contributed by atoms with Crippen LogP contribution in [0.3, 0.4) is 0 Å². The first-order chi connectivity index (χ1) is 10.9. The number of benzene rings is 2. The smallest absolute Gasteiger partial charge is 0.257 e. The molecule has 0 fully saturated rings. The van der Waals surface area contributed by atoms with Gasteiger partial charge < -0.3 is 21.0 Å². The number of halogens is 1. The normalized spacial score (nSPS) is 10.7. The zero-order valence-corrected chi connectivity index (χ0v) is 12.5. The largest absolute Gasteiger partial charge is 0.366 e. The standard InChI is InChI=1S/C15H11FN4O2S/c16-8-5-10(12-11(6-8)19-15(23)20-12)14(22)18-9-3-1-7(2-4-9)13(17)21/h1-6H,(H2,17,21)(H,18,22)(H2,19,20,23). The molecule has 0 aliphatic carbocycles. The Morgan fingerprint density at radius 3 is 2.48 bits per heavy atom. The number of primary amides is 1. The number of fused-ring (bicyclic) bond motifs is 1. The maximum Gasteiger partial charge on any atom is 0.257 e. The van der Waals surface area contributed by atoms with Gasteiger partial charge in [-0.1, -0.05) is 0 Å². The van der Waals surface area contributed by atoms with Gasteiger partial charge in [0.1, 0.15) is 5.82 Å². The number of aromatic nitrogens is 2. The van der Waals surface area contributed by atoms with Gasteiger partial charge in [0.2, 0.25) is 5.91 Å². The predicted molar refractivity (Wildman–Crippen MR) is 86.4 cm³/mol. The fraction of sp³-hybridized carbons (Fsp3) is 0. The van der Waals surface area contributed by atoms with Crippen LogP contribution in [0.1, 0.15) is 20.7 Å². The van der Waals surface area contributed by atoms with E-state index in [2.05, 4.69) is 15.3 Å². The number of hydrogen-bond acceptors (Lipinski definition) is 3. The van der Waals surface area contributed by atoms with Gasteiger partial charge in [0.05, 0.1) is 16.6 Å². The number of anilines is 1. The number of carbonyl (C=O) groups is 2. The number of carbonyl (C=O) groups excluding carboxylic acids is 2. The number of H-pyrrole nitrogens is 2. The molecule has 1 heterocycles. The number of nitrogens with one attached hydrogen (secondary N) is 3. The van der Waals surface area contributed by atoms with Crippen LogP contribution in [-0.2, 0) is 0 Å². The average Bonchev–Trinajstić information content (AvgIpc) is 2.86. The molecular weight excluding hydrogens is 319 g/mol. The van der Waals surface area contributed by atoms with Gasteiger partial charge in [0.15, 0.2) is 4.77 Å². The molecule has 0 saturated heterocycles. The van der Waals surface area contributed by atoms with Crippen molar-refractivity contribution in [2.24, 2.45) is 5.73 Å². The molecule has 6 nitrogen and oxygen atoms in total. The highest BCUT2D eigenvalue weighted by Crippen LogP contribution is 2.19. The number of rotatable bonds is 3. The lowest BCUT2D eigenvalue weighted by Gasteiger charge is -2.07. The highest BCUT2D eigenvalue weighted by Gasteiger charge is 2.14. The Kier molecular flexibility index (Phi) is 3.67. The Balaban J connectivity index is 1.94. The van der Waals surface area contributed by atoms with Crippen molar-refractivity contribution in [1.29, 1.82) is 0 Å². The molecular formula is C15H11FN4O2S. The summed E-state index contributed by atoms with van der Waals surface area (Å²) >= 11 is 4.96. The second-order valence-electron chi connectivity index (χ2n) is 4.85. The molecule has 2 aromatic carbocycles. The minimum Gasteiger partial charge on any atom is -0.366 e. The molecule has 0 aliphatic heterocycles. The Morgan fingerprint density at radius 2 is 1.83 bits per heavy atom. The van der Waals surface area contributed by atoms with Crippen LogP contribution in [0.5, 0.6) is 0 Å². The molecule has 0 bridgehead atoms. The van der Waals surface area contributed by atoms with Gasteiger partial charge in [-0.25, -0.2) is 4.39 Å². The first-order valence-electron chi connectivity index (χ1n) is 6.57. The van der Waals surface area contributed by atoms with Gasteiger partial charge in [0, 0.05) is 11.3 Å². The van der Waals surface area contributed by atoms with Crippen molar-refractivity contribution < 1.29 is 14.0 Å². The van der Waals surface area contributed by atoms with Gasteiger partial charge in [-0.15, -0.1) is 0 Å². The number of hydrogen-bond donors (Lipinski definition) is 4. The fourth-order valence-electron chi connectivity index (χ4n) is 2.20. The van der Waals surface area contributed by atoms with Crippen molar-refractivity contribution in [3.63, 3.8) is 0 Å². The summed E-state index contributed by atoms with van der Waals surface area (Å²) in [5.74, 6) is -1.63. The molecule has 0 spiro atoms. The molecule has 5 N–H and O–H groups in total. The van der Waals surface area contributed by atoms with Crippen molar-refractivity contribution in [1.82, 2.24) is 9.97 Å². The van der Waals surface area contributed by atoms with E-state index in [9.17, 15) is 14.0 Å². The van der Waals surface area contributed by atoms with Gasteiger partial charge in [0.25, 0.3) is 5.91 Å². The van der Waals surface area contributed by atoms with Gasteiger partial charge in [-0.05, 0) is 48.6 Å². The SMILES string of the molecule is NC(=O)c1ccc(NC(=O)c2cc(F)cc3[nH]c(=S)[nH]c23)cc1. The monoisotopic (exact) mass is 330 g/mol. The quantitative estimate of drug-likeness (QED) is 0.555. The zero-order chi connectivity index (χ0) is 16.6. The van der Waals surface area contributed by atoms with Crippen LogP contribution >= 0.6 is 12.2 Å².